The van der Waals surface area contributed by atoms with Gasteiger partial charge in [-0.1, -0.05) is 25.5 Å². The molecule has 3 heteroatoms. The Morgan fingerprint density at radius 2 is 1.84 bits per heavy atom. The van der Waals surface area contributed by atoms with Gasteiger partial charge in [0.25, 0.3) is 0 Å². The maximum absolute atomic E-state index is 12.5. The first-order valence-electron chi connectivity index (χ1n) is 10.5. The Morgan fingerprint density at radius 1 is 1.08 bits per heavy atom. The minimum Gasteiger partial charge on any atom is -0.374 e. The van der Waals surface area contributed by atoms with Gasteiger partial charge in [0.15, 0.2) is 0 Å². The zero-order chi connectivity index (χ0) is 17.7. The minimum absolute atomic E-state index is 0.00127. The molecule has 0 aromatic rings. The molecule has 140 valence electrons. The number of fused-ring (bicyclic) bond motifs is 5. The smallest absolute Gasteiger partial charge is 0.139 e. The average molecular weight is 346 g/mol. The predicted octanol–water partition coefficient (Wildman–Crippen LogP) is 4.25. The summed E-state index contributed by atoms with van der Waals surface area (Å²) in [5.41, 5.74) is 7.60. The molecule has 0 heterocycles. The second-order valence-electron chi connectivity index (χ2n) is 9.53. The van der Waals surface area contributed by atoms with Gasteiger partial charge in [0.1, 0.15) is 5.78 Å². The highest BCUT2D eigenvalue weighted by molar-refractivity contribution is 5.87. The molecule has 0 amide bonds. The van der Waals surface area contributed by atoms with Crippen LogP contribution in [0.15, 0.2) is 11.6 Å². The van der Waals surface area contributed by atoms with Crippen molar-refractivity contribution in [3.63, 3.8) is 0 Å². The Hall–Kier alpha value is -0.670. The topological polar surface area (TPSA) is 52.3 Å². The second-order valence-corrected chi connectivity index (χ2v) is 9.53. The molecule has 0 bridgehead atoms. The Kier molecular flexibility index (Phi) is 4.60. The summed E-state index contributed by atoms with van der Waals surface area (Å²) in [5, 5.41) is 0. The van der Waals surface area contributed by atoms with Crippen LogP contribution < -0.4 is 5.73 Å². The molecule has 6 atom stereocenters. The van der Waals surface area contributed by atoms with E-state index < -0.39 is 0 Å². The lowest BCUT2D eigenvalue weighted by atomic mass is 9.47. The Morgan fingerprint density at radius 3 is 2.64 bits per heavy atom. The molecule has 4 aliphatic carbocycles. The molecule has 4 aliphatic rings. The first kappa shape index (κ1) is 17.7. The number of nitrogens with two attached hydrogens (primary N) is 1. The summed E-state index contributed by atoms with van der Waals surface area (Å²) < 4.78 is 6.05. The molecule has 0 aliphatic heterocycles. The van der Waals surface area contributed by atoms with E-state index in [1.54, 1.807) is 5.57 Å². The maximum Gasteiger partial charge on any atom is 0.139 e. The average Bonchev–Trinajstić information content (AvgIpc) is 2.90. The summed E-state index contributed by atoms with van der Waals surface area (Å²) in [6, 6.07) is 0. The van der Waals surface area contributed by atoms with E-state index in [9.17, 15) is 4.79 Å². The van der Waals surface area contributed by atoms with Crippen molar-refractivity contribution in [2.24, 2.45) is 34.3 Å². The Labute approximate surface area is 152 Å². The quantitative estimate of drug-likeness (QED) is 0.612. The molecule has 0 aromatic heterocycles. The van der Waals surface area contributed by atoms with Gasteiger partial charge in [-0.15, -0.1) is 0 Å². The van der Waals surface area contributed by atoms with E-state index in [0.717, 1.165) is 50.5 Å². The van der Waals surface area contributed by atoms with Crippen LogP contribution in [0.4, 0.5) is 0 Å². The van der Waals surface area contributed by atoms with Gasteiger partial charge in [0.2, 0.25) is 0 Å². The Balaban J connectivity index is 1.53. The van der Waals surface area contributed by atoms with Gasteiger partial charge < -0.3 is 10.5 Å². The molecule has 25 heavy (non-hydrogen) atoms. The van der Waals surface area contributed by atoms with E-state index in [0.29, 0.717) is 29.8 Å². The fourth-order valence-electron chi connectivity index (χ4n) is 6.92. The van der Waals surface area contributed by atoms with E-state index >= 15 is 0 Å². The molecule has 0 aromatic carbocycles. The molecular formula is C22H35NO2. The Bertz CT molecular complexity index is 570. The van der Waals surface area contributed by atoms with Crippen LogP contribution in [0, 0.1) is 28.6 Å². The molecule has 4 rings (SSSR count). The van der Waals surface area contributed by atoms with Gasteiger partial charge in [-0.25, -0.2) is 0 Å². The van der Waals surface area contributed by atoms with E-state index in [4.69, 9.17) is 10.5 Å². The second kappa shape index (κ2) is 6.49. The monoisotopic (exact) mass is 345 g/mol. The van der Waals surface area contributed by atoms with E-state index in [1.807, 2.05) is 0 Å². The van der Waals surface area contributed by atoms with Crippen molar-refractivity contribution in [3.8, 4) is 0 Å². The van der Waals surface area contributed by atoms with Gasteiger partial charge in [-0.2, -0.15) is 0 Å². The van der Waals surface area contributed by atoms with Crippen molar-refractivity contribution in [3.05, 3.63) is 11.6 Å². The highest BCUT2D eigenvalue weighted by Crippen LogP contribution is 2.64. The lowest BCUT2D eigenvalue weighted by molar-refractivity contribution is -0.132. The number of allylic oxidation sites excluding steroid dienone is 1. The summed E-state index contributed by atoms with van der Waals surface area (Å²) in [6.45, 7) is 6.30. The molecule has 0 spiro atoms. The third-order valence-corrected chi connectivity index (χ3v) is 8.46. The SMILES string of the molecule is CC12CCC3C(CCC4=CC(OCCCN)CCC43C)C1CCC2=O. The molecular weight excluding hydrogens is 310 g/mol. The van der Waals surface area contributed by atoms with Crippen molar-refractivity contribution < 1.29 is 9.53 Å². The van der Waals surface area contributed by atoms with Crippen LogP contribution in [0.5, 0.6) is 0 Å². The predicted molar refractivity (Wildman–Crippen MR) is 100 cm³/mol. The lowest BCUT2D eigenvalue weighted by Crippen LogP contribution is -2.50. The molecule has 3 saturated carbocycles. The number of rotatable bonds is 4. The van der Waals surface area contributed by atoms with Crippen molar-refractivity contribution in [2.75, 3.05) is 13.2 Å². The minimum atomic E-state index is 0.00127. The number of hydrogen-bond acceptors (Lipinski definition) is 3. The van der Waals surface area contributed by atoms with Crippen molar-refractivity contribution in [1.29, 1.82) is 0 Å². The van der Waals surface area contributed by atoms with Crippen LogP contribution in [-0.2, 0) is 9.53 Å². The molecule has 2 N–H and O–H groups in total. The third kappa shape index (κ3) is 2.73. The van der Waals surface area contributed by atoms with Crippen LogP contribution in [0.3, 0.4) is 0 Å². The highest BCUT2D eigenvalue weighted by Gasteiger charge is 2.58. The number of Topliss-reactive ketones (excluding diaryl/α,β-unsaturated/α-hetero) is 1. The van der Waals surface area contributed by atoms with Crippen LogP contribution in [0.2, 0.25) is 0 Å². The lowest BCUT2D eigenvalue weighted by Gasteiger charge is -2.57. The molecule has 0 radical (unpaired) electrons. The normalized spacial score (nSPS) is 46.2. The highest BCUT2D eigenvalue weighted by atomic mass is 16.5. The fraction of sp³-hybridized carbons (Fsp3) is 0.864. The van der Waals surface area contributed by atoms with Crippen LogP contribution in [0.25, 0.3) is 0 Å². The summed E-state index contributed by atoms with van der Waals surface area (Å²) in [6.07, 6.45) is 13.0. The van der Waals surface area contributed by atoms with Crippen molar-refractivity contribution in [2.45, 2.75) is 77.7 Å². The number of ether oxygens (including phenoxy) is 1. The van der Waals surface area contributed by atoms with Crippen molar-refractivity contribution in [1.82, 2.24) is 0 Å². The number of carbonyl (C=O) groups is 1. The summed E-state index contributed by atoms with van der Waals surface area (Å²) in [4.78, 5) is 12.5. The van der Waals surface area contributed by atoms with Crippen LogP contribution in [0.1, 0.15) is 71.6 Å². The first-order chi connectivity index (χ1) is 12.0. The van der Waals surface area contributed by atoms with E-state index in [1.165, 1.54) is 25.7 Å². The third-order valence-electron chi connectivity index (χ3n) is 8.46. The standard InChI is InChI=1S/C22H35NO2/c1-21-10-8-16(25-13-3-12-23)14-15(21)4-5-17-18-6-7-20(24)22(18,2)11-9-19(17)21/h14,16-19H,3-13,23H2,1-2H3. The van der Waals surface area contributed by atoms with Crippen molar-refractivity contribution >= 4 is 5.78 Å². The molecule has 0 saturated heterocycles. The van der Waals surface area contributed by atoms with Gasteiger partial charge >= 0.3 is 0 Å². The summed E-state index contributed by atoms with van der Waals surface area (Å²) >= 11 is 0. The van der Waals surface area contributed by atoms with Crippen LogP contribution >= 0.6 is 0 Å². The van der Waals surface area contributed by atoms with Gasteiger partial charge in [-0.3, -0.25) is 4.79 Å². The van der Waals surface area contributed by atoms with Gasteiger partial charge in [0.05, 0.1) is 6.10 Å². The largest absolute Gasteiger partial charge is 0.374 e. The molecule has 3 fully saturated rings. The molecule has 3 nitrogen and oxygen atoms in total. The molecule has 6 unspecified atom stereocenters. The summed E-state index contributed by atoms with van der Waals surface area (Å²) in [5.74, 6) is 2.75. The van der Waals surface area contributed by atoms with E-state index in [-0.39, 0.29) is 5.41 Å². The maximum atomic E-state index is 12.5. The summed E-state index contributed by atoms with van der Waals surface area (Å²) in [7, 11) is 0. The fourth-order valence-corrected chi connectivity index (χ4v) is 6.92. The van der Waals surface area contributed by atoms with Gasteiger partial charge in [-0.05, 0) is 81.1 Å². The van der Waals surface area contributed by atoms with Gasteiger partial charge in [0, 0.05) is 18.4 Å². The first-order valence-corrected chi connectivity index (χ1v) is 10.5. The number of hydrogen-bond donors (Lipinski definition) is 1. The number of carbonyl (C=O) groups excluding carboxylic acids is 1. The van der Waals surface area contributed by atoms with Crippen LogP contribution in [-0.4, -0.2) is 25.0 Å². The zero-order valence-corrected chi connectivity index (χ0v) is 16.1. The number of ketones is 1. The van der Waals surface area contributed by atoms with E-state index in [2.05, 4.69) is 19.9 Å². The zero-order valence-electron chi connectivity index (χ0n) is 16.1.